The van der Waals surface area contributed by atoms with Crippen LogP contribution in [-0.4, -0.2) is 41.3 Å². The Morgan fingerprint density at radius 2 is 1.89 bits per heavy atom. The third kappa shape index (κ3) is 5.22. The molecule has 28 heavy (non-hydrogen) atoms. The lowest BCUT2D eigenvalue weighted by atomic mass is 10.1. The predicted octanol–water partition coefficient (Wildman–Crippen LogP) is 3.23. The summed E-state index contributed by atoms with van der Waals surface area (Å²) in [4.78, 5) is 29.2. The molecule has 0 aliphatic rings. The Bertz CT molecular complexity index is 961. The number of amides is 2. The van der Waals surface area contributed by atoms with Crippen LogP contribution in [0.4, 0.5) is 0 Å². The highest BCUT2D eigenvalue weighted by Crippen LogP contribution is 2.18. The first-order chi connectivity index (χ1) is 13.5. The molecule has 5 nitrogen and oxygen atoms in total. The lowest BCUT2D eigenvalue weighted by molar-refractivity contribution is -0.129. The number of hydrogen-bond donors (Lipinski definition) is 2. The van der Waals surface area contributed by atoms with Crippen molar-refractivity contribution in [2.24, 2.45) is 0 Å². The largest absolute Gasteiger partial charge is 0.361 e. The van der Waals surface area contributed by atoms with Crippen LogP contribution in [-0.2, 0) is 22.4 Å². The minimum atomic E-state index is -0.0225. The number of para-hydroxylation sites is 1. The molecule has 0 aliphatic carbocycles. The van der Waals surface area contributed by atoms with Crippen molar-refractivity contribution in [3.8, 4) is 0 Å². The highest BCUT2D eigenvalue weighted by Gasteiger charge is 2.11. The van der Waals surface area contributed by atoms with Gasteiger partial charge in [0.05, 0.1) is 6.42 Å². The van der Waals surface area contributed by atoms with E-state index in [2.05, 4.69) is 16.4 Å². The lowest BCUT2D eigenvalue weighted by Gasteiger charge is -2.21. The summed E-state index contributed by atoms with van der Waals surface area (Å²) in [5, 5.41) is 4.11. The van der Waals surface area contributed by atoms with Crippen LogP contribution in [0.5, 0.6) is 0 Å². The van der Waals surface area contributed by atoms with E-state index < -0.39 is 0 Å². The summed E-state index contributed by atoms with van der Waals surface area (Å²) in [7, 11) is 0. The number of nitrogens with one attached hydrogen (secondary N) is 2. The van der Waals surface area contributed by atoms with Gasteiger partial charge >= 0.3 is 0 Å². The molecule has 0 atom stereocenters. The van der Waals surface area contributed by atoms with E-state index in [0.717, 1.165) is 23.1 Å². The second kappa shape index (κ2) is 9.22. The Kier molecular flexibility index (Phi) is 6.48. The zero-order valence-electron chi connectivity index (χ0n) is 16.5. The fraction of sp³-hybridized carbons (Fsp3) is 0.304. The van der Waals surface area contributed by atoms with Crippen LogP contribution in [0.15, 0.2) is 54.7 Å². The number of hydrogen-bond acceptors (Lipinski definition) is 2. The molecule has 3 aromatic rings. The number of fused-ring (bicyclic) bond motifs is 1. The molecule has 0 radical (unpaired) electrons. The van der Waals surface area contributed by atoms with Crippen molar-refractivity contribution in [1.82, 2.24) is 15.2 Å². The number of aromatic amines is 1. The number of rotatable bonds is 8. The molecule has 1 heterocycles. The van der Waals surface area contributed by atoms with E-state index in [1.807, 2.05) is 55.6 Å². The van der Waals surface area contributed by atoms with Gasteiger partial charge in [0.15, 0.2) is 0 Å². The quantitative estimate of drug-likeness (QED) is 0.633. The molecule has 0 saturated heterocycles. The number of nitrogens with zero attached hydrogens (tertiary/aromatic N) is 1. The number of benzene rings is 2. The van der Waals surface area contributed by atoms with Gasteiger partial charge in [-0.25, -0.2) is 0 Å². The molecule has 1 aromatic heterocycles. The molecule has 3 rings (SSSR count). The summed E-state index contributed by atoms with van der Waals surface area (Å²) in [6.07, 6.45) is 3.14. The van der Waals surface area contributed by atoms with E-state index >= 15 is 0 Å². The minimum absolute atomic E-state index is 0.0211. The van der Waals surface area contributed by atoms with Crippen LogP contribution >= 0.6 is 0 Å². The van der Waals surface area contributed by atoms with Crippen LogP contribution in [0.25, 0.3) is 10.9 Å². The predicted molar refractivity (Wildman–Crippen MR) is 112 cm³/mol. The smallest absolute Gasteiger partial charge is 0.224 e. The molecule has 5 heteroatoms. The maximum absolute atomic E-state index is 12.1. The molecule has 0 unspecified atom stereocenters. The SMILES string of the molecule is CC(=O)N(CCNC(=O)Cc1cccc(C)c1)CCc1c[nH]c2ccccc12. The summed E-state index contributed by atoms with van der Waals surface area (Å²) < 4.78 is 0. The molecule has 0 aliphatic heterocycles. The number of carbonyl (C=O) groups excluding carboxylic acids is 2. The van der Waals surface area contributed by atoms with Gasteiger partial charge in [-0.1, -0.05) is 48.0 Å². The van der Waals surface area contributed by atoms with Gasteiger partial charge < -0.3 is 15.2 Å². The van der Waals surface area contributed by atoms with Crippen molar-refractivity contribution in [2.45, 2.75) is 26.7 Å². The topological polar surface area (TPSA) is 65.2 Å². The highest BCUT2D eigenvalue weighted by atomic mass is 16.2. The van der Waals surface area contributed by atoms with Crippen LogP contribution in [0.3, 0.4) is 0 Å². The van der Waals surface area contributed by atoms with E-state index in [4.69, 9.17) is 0 Å². The first-order valence-corrected chi connectivity index (χ1v) is 9.65. The molecule has 146 valence electrons. The zero-order chi connectivity index (χ0) is 19.9. The molecule has 2 N–H and O–H groups in total. The zero-order valence-corrected chi connectivity index (χ0v) is 16.5. The average Bonchev–Trinajstić information content (AvgIpc) is 3.07. The van der Waals surface area contributed by atoms with Gasteiger partial charge in [0.25, 0.3) is 0 Å². The minimum Gasteiger partial charge on any atom is -0.361 e. The van der Waals surface area contributed by atoms with E-state index in [1.165, 1.54) is 10.9 Å². The summed E-state index contributed by atoms with van der Waals surface area (Å²) in [5.74, 6) is -0.00138. The van der Waals surface area contributed by atoms with Crippen molar-refractivity contribution in [2.75, 3.05) is 19.6 Å². The number of carbonyl (C=O) groups is 2. The standard InChI is InChI=1S/C23H27N3O2/c1-17-6-5-7-19(14-17)15-23(28)24-11-13-26(18(2)27)12-10-20-16-25-22-9-4-3-8-21(20)22/h3-9,14,16,25H,10-13,15H2,1-2H3,(H,24,28). The number of aromatic nitrogens is 1. The van der Waals surface area contributed by atoms with Crippen molar-refractivity contribution in [1.29, 1.82) is 0 Å². The summed E-state index contributed by atoms with van der Waals surface area (Å²) in [6, 6.07) is 16.1. The molecular weight excluding hydrogens is 350 g/mol. The summed E-state index contributed by atoms with van der Waals surface area (Å²) in [5.41, 5.74) is 4.45. The Morgan fingerprint density at radius 1 is 1.07 bits per heavy atom. The molecule has 2 aromatic carbocycles. The molecule has 0 bridgehead atoms. The third-order valence-corrected chi connectivity index (χ3v) is 4.92. The van der Waals surface area contributed by atoms with Gasteiger partial charge in [-0.15, -0.1) is 0 Å². The van der Waals surface area contributed by atoms with Crippen LogP contribution in [0.2, 0.25) is 0 Å². The molecule has 0 saturated carbocycles. The maximum atomic E-state index is 12.1. The average molecular weight is 377 g/mol. The Balaban J connectivity index is 1.48. The summed E-state index contributed by atoms with van der Waals surface area (Å²) >= 11 is 0. The normalized spacial score (nSPS) is 10.8. The van der Waals surface area contributed by atoms with Crippen molar-refractivity contribution >= 4 is 22.7 Å². The third-order valence-electron chi connectivity index (χ3n) is 4.92. The van der Waals surface area contributed by atoms with Gasteiger partial charge in [0, 0.05) is 43.7 Å². The van der Waals surface area contributed by atoms with E-state index in [0.29, 0.717) is 26.1 Å². The van der Waals surface area contributed by atoms with Crippen molar-refractivity contribution in [3.05, 3.63) is 71.4 Å². The molecule has 0 fully saturated rings. The monoisotopic (exact) mass is 377 g/mol. The summed E-state index contributed by atoms with van der Waals surface area (Å²) in [6.45, 7) is 5.18. The maximum Gasteiger partial charge on any atom is 0.224 e. The molecule has 2 amide bonds. The fourth-order valence-electron chi connectivity index (χ4n) is 3.42. The first-order valence-electron chi connectivity index (χ1n) is 9.65. The van der Waals surface area contributed by atoms with Gasteiger partial charge in [-0.2, -0.15) is 0 Å². The van der Waals surface area contributed by atoms with Crippen LogP contribution in [0.1, 0.15) is 23.6 Å². The number of H-pyrrole nitrogens is 1. The van der Waals surface area contributed by atoms with E-state index in [-0.39, 0.29) is 11.8 Å². The highest BCUT2D eigenvalue weighted by molar-refractivity contribution is 5.83. The Labute approximate surface area is 165 Å². The van der Waals surface area contributed by atoms with Gasteiger partial charge in [0.2, 0.25) is 11.8 Å². The Morgan fingerprint density at radius 3 is 2.68 bits per heavy atom. The number of aryl methyl sites for hydroxylation is 1. The van der Waals surface area contributed by atoms with Gasteiger partial charge in [0.1, 0.15) is 0 Å². The van der Waals surface area contributed by atoms with Crippen LogP contribution < -0.4 is 5.32 Å². The van der Waals surface area contributed by atoms with E-state index in [9.17, 15) is 9.59 Å². The second-order valence-corrected chi connectivity index (χ2v) is 7.13. The second-order valence-electron chi connectivity index (χ2n) is 7.13. The first kappa shape index (κ1) is 19.7. The molecule has 0 spiro atoms. The van der Waals surface area contributed by atoms with Crippen LogP contribution in [0, 0.1) is 6.92 Å². The van der Waals surface area contributed by atoms with Crippen molar-refractivity contribution < 1.29 is 9.59 Å². The van der Waals surface area contributed by atoms with Gasteiger partial charge in [-0.3, -0.25) is 9.59 Å². The molecular formula is C23H27N3O2. The van der Waals surface area contributed by atoms with Crippen molar-refractivity contribution in [3.63, 3.8) is 0 Å². The Hall–Kier alpha value is -3.08. The lowest BCUT2D eigenvalue weighted by Crippen LogP contribution is -2.39. The van der Waals surface area contributed by atoms with E-state index in [1.54, 1.807) is 11.8 Å². The van der Waals surface area contributed by atoms with Gasteiger partial charge in [-0.05, 0) is 30.5 Å². The fourth-order valence-corrected chi connectivity index (χ4v) is 3.42.